The van der Waals surface area contributed by atoms with E-state index < -0.39 is 0 Å². The zero-order valence-electron chi connectivity index (χ0n) is 29.3. The summed E-state index contributed by atoms with van der Waals surface area (Å²) in [6, 6.07) is 68.9. The van der Waals surface area contributed by atoms with Crippen LogP contribution in [0, 0.1) is 0 Å². The van der Waals surface area contributed by atoms with Crippen molar-refractivity contribution >= 4 is 54.6 Å². The Balaban J connectivity index is 1.28. The van der Waals surface area contributed by atoms with Gasteiger partial charge >= 0.3 is 0 Å². The van der Waals surface area contributed by atoms with E-state index in [1.165, 1.54) is 32.7 Å². The van der Waals surface area contributed by atoms with Crippen molar-refractivity contribution in [3.8, 4) is 45.0 Å². The number of fused-ring (bicyclic) bond motifs is 8. The molecule has 0 atom stereocenters. The quantitative estimate of drug-likeness (QED) is 0.180. The molecule has 0 aliphatic rings. The number of hydrogen-bond donors (Lipinski definition) is 0. The fraction of sp³-hybridized carbons (Fsp3) is 0. The van der Waals surface area contributed by atoms with Crippen LogP contribution in [-0.2, 0) is 0 Å². The Labute approximate surface area is 311 Å². The van der Waals surface area contributed by atoms with Gasteiger partial charge in [-0.15, -0.1) is 0 Å². The first-order chi connectivity index (χ1) is 26.8. The Morgan fingerprint density at radius 1 is 0.315 bits per heavy atom. The van der Waals surface area contributed by atoms with Crippen molar-refractivity contribution in [3.05, 3.63) is 194 Å². The van der Waals surface area contributed by atoms with Crippen LogP contribution in [0.4, 0.5) is 0 Å². The summed E-state index contributed by atoms with van der Waals surface area (Å²) in [5.41, 5.74) is 13.8. The lowest BCUT2D eigenvalue weighted by molar-refractivity contribution is 1.08. The normalized spacial score (nSPS) is 11.7. The molecule has 0 saturated heterocycles. The summed E-state index contributed by atoms with van der Waals surface area (Å²) in [6.07, 6.45) is 0. The van der Waals surface area contributed by atoms with Crippen molar-refractivity contribution in [3.63, 3.8) is 0 Å². The summed E-state index contributed by atoms with van der Waals surface area (Å²) in [4.78, 5) is 11.0. The molecule has 0 aliphatic heterocycles. The maximum absolute atomic E-state index is 5.54. The average molecular weight is 689 g/mol. The molecule has 11 rings (SSSR count). The van der Waals surface area contributed by atoms with Crippen LogP contribution in [0.25, 0.3) is 99.7 Å². The lowest BCUT2D eigenvalue weighted by Gasteiger charge is -2.16. The van der Waals surface area contributed by atoms with Gasteiger partial charge in [0.15, 0.2) is 5.82 Å². The van der Waals surface area contributed by atoms with Gasteiger partial charge in [-0.3, -0.25) is 4.57 Å². The minimum absolute atomic E-state index is 0.801. The standard InChI is InChI=1S/C50H32N4/c1-4-15-33(16-5-1)36-21-14-22-38(31-36)53-45-25-12-10-23-39(45)41-28-29-42-40-24-11-13-26-46(40)54(49(42)48(41)53)50-47(35-19-8-3-9-20-35)51-44-32-37(27-30-43(44)52-50)34-17-6-2-7-18-34/h1-32H. The third kappa shape index (κ3) is 4.70. The first kappa shape index (κ1) is 30.3. The van der Waals surface area contributed by atoms with Gasteiger partial charge in [-0.05, 0) is 58.7 Å². The highest BCUT2D eigenvalue weighted by molar-refractivity contribution is 6.24. The molecular weight excluding hydrogens is 657 g/mol. The number of rotatable bonds is 5. The average Bonchev–Trinajstić information content (AvgIpc) is 3.77. The Morgan fingerprint density at radius 3 is 1.48 bits per heavy atom. The molecular formula is C50H32N4. The largest absolute Gasteiger partial charge is 0.307 e. The predicted molar refractivity (Wildman–Crippen MR) is 225 cm³/mol. The van der Waals surface area contributed by atoms with Gasteiger partial charge in [0.1, 0.15) is 5.69 Å². The molecule has 0 saturated carbocycles. The molecule has 4 heteroatoms. The molecule has 252 valence electrons. The second-order valence-electron chi connectivity index (χ2n) is 13.8. The Morgan fingerprint density at radius 2 is 0.833 bits per heavy atom. The van der Waals surface area contributed by atoms with Crippen LogP contribution >= 0.6 is 0 Å². The van der Waals surface area contributed by atoms with Crippen LogP contribution in [0.3, 0.4) is 0 Å². The summed E-state index contributed by atoms with van der Waals surface area (Å²) in [5.74, 6) is 0.801. The molecule has 3 heterocycles. The van der Waals surface area contributed by atoms with Crippen molar-refractivity contribution in [2.45, 2.75) is 0 Å². The van der Waals surface area contributed by atoms with Gasteiger partial charge < -0.3 is 4.57 Å². The van der Waals surface area contributed by atoms with E-state index in [-0.39, 0.29) is 0 Å². The first-order valence-corrected chi connectivity index (χ1v) is 18.3. The highest BCUT2D eigenvalue weighted by Crippen LogP contribution is 2.43. The van der Waals surface area contributed by atoms with Crippen LogP contribution in [0.15, 0.2) is 194 Å². The third-order valence-corrected chi connectivity index (χ3v) is 10.7. The summed E-state index contributed by atoms with van der Waals surface area (Å²) < 4.78 is 4.81. The van der Waals surface area contributed by atoms with Gasteiger partial charge in [0, 0.05) is 32.8 Å². The van der Waals surface area contributed by atoms with E-state index in [1.807, 2.05) is 6.07 Å². The molecule has 0 bridgehead atoms. The molecule has 54 heavy (non-hydrogen) atoms. The monoisotopic (exact) mass is 688 g/mol. The van der Waals surface area contributed by atoms with E-state index in [9.17, 15) is 0 Å². The fourth-order valence-corrected chi connectivity index (χ4v) is 8.24. The number of aromatic nitrogens is 4. The number of para-hydroxylation sites is 2. The minimum atomic E-state index is 0.801. The Bertz CT molecular complexity index is 3200. The summed E-state index contributed by atoms with van der Waals surface area (Å²) in [7, 11) is 0. The van der Waals surface area contributed by atoms with Crippen molar-refractivity contribution in [2.75, 3.05) is 0 Å². The topological polar surface area (TPSA) is 35.6 Å². The predicted octanol–water partition coefficient (Wildman–Crippen LogP) is 12.8. The van der Waals surface area contributed by atoms with Gasteiger partial charge in [-0.25, -0.2) is 9.97 Å². The molecule has 0 unspecified atom stereocenters. The minimum Gasteiger partial charge on any atom is -0.307 e. The molecule has 0 fully saturated rings. The third-order valence-electron chi connectivity index (χ3n) is 10.7. The van der Waals surface area contributed by atoms with Crippen molar-refractivity contribution in [1.82, 2.24) is 19.1 Å². The zero-order valence-corrected chi connectivity index (χ0v) is 29.3. The van der Waals surface area contributed by atoms with Gasteiger partial charge in [0.2, 0.25) is 0 Å². The summed E-state index contributed by atoms with van der Waals surface area (Å²) in [5, 5.41) is 4.73. The lowest BCUT2D eigenvalue weighted by atomic mass is 10.0. The van der Waals surface area contributed by atoms with Crippen molar-refractivity contribution in [1.29, 1.82) is 0 Å². The molecule has 0 N–H and O–H groups in total. The highest BCUT2D eigenvalue weighted by atomic mass is 15.1. The van der Waals surface area contributed by atoms with Crippen LogP contribution in [0.1, 0.15) is 0 Å². The number of hydrogen-bond acceptors (Lipinski definition) is 2. The van der Waals surface area contributed by atoms with E-state index in [1.54, 1.807) is 0 Å². The Kier molecular flexibility index (Phi) is 6.82. The fourth-order valence-electron chi connectivity index (χ4n) is 8.24. The maximum atomic E-state index is 5.54. The molecule has 0 spiro atoms. The van der Waals surface area contributed by atoms with E-state index in [0.29, 0.717) is 0 Å². The molecule has 11 aromatic rings. The van der Waals surface area contributed by atoms with Gasteiger partial charge in [0.05, 0.1) is 33.1 Å². The number of benzene rings is 8. The smallest absolute Gasteiger partial charge is 0.165 e. The summed E-state index contributed by atoms with van der Waals surface area (Å²) >= 11 is 0. The van der Waals surface area contributed by atoms with Gasteiger partial charge in [-0.2, -0.15) is 0 Å². The number of nitrogens with zero attached hydrogens (tertiary/aromatic N) is 4. The lowest BCUT2D eigenvalue weighted by Crippen LogP contribution is -2.05. The molecule has 0 aliphatic carbocycles. The maximum Gasteiger partial charge on any atom is 0.165 e. The van der Waals surface area contributed by atoms with Crippen molar-refractivity contribution < 1.29 is 0 Å². The SMILES string of the molecule is c1ccc(-c2cccc(-n3c4ccccc4c4ccc5c6ccccc6n(-c6nc7ccc(-c8ccccc8)cc7nc6-c6ccccc6)c5c43)c2)cc1. The van der Waals surface area contributed by atoms with E-state index >= 15 is 0 Å². The Hall–Kier alpha value is -7.30. The van der Waals surface area contributed by atoms with Crippen molar-refractivity contribution in [2.24, 2.45) is 0 Å². The molecule has 8 aromatic carbocycles. The van der Waals surface area contributed by atoms with Crippen LogP contribution in [-0.4, -0.2) is 19.1 Å². The molecule has 0 radical (unpaired) electrons. The van der Waals surface area contributed by atoms with Crippen LogP contribution in [0.2, 0.25) is 0 Å². The first-order valence-electron chi connectivity index (χ1n) is 18.3. The van der Waals surface area contributed by atoms with Crippen LogP contribution < -0.4 is 0 Å². The molecule has 4 nitrogen and oxygen atoms in total. The summed E-state index contributed by atoms with van der Waals surface area (Å²) in [6.45, 7) is 0. The second-order valence-corrected chi connectivity index (χ2v) is 13.8. The zero-order chi connectivity index (χ0) is 35.6. The van der Waals surface area contributed by atoms with E-state index in [2.05, 4.69) is 197 Å². The second kappa shape index (κ2) is 12.1. The molecule has 0 amide bonds. The highest BCUT2D eigenvalue weighted by Gasteiger charge is 2.24. The van der Waals surface area contributed by atoms with E-state index in [0.717, 1.165) is 67.0 Å². The van der Waals surface area contributed by atoms with Gasteiger partial charge in [0.25, 0.3) is 0 Å². The van der Waals surface area contributed by atoms with Gasteiger partial charge in [-0.1, -0.05) is 158 Å². The van der Waals surface area contributed by atoms with Crippen LogP contribution in [0.5, 0.6) is 0 Å². The molecule has 3 aromatic heterocycles. The van der Waals surface area contributed by atoms with E-state index in [4.69, 9.17) is 9.97 Å².